The van der Waals surface area contributed by atoms with Crippen LogP contribution in [0.15, 0.2) is 18.2 Å². The standard InChI is InChI=1S/C13H17FN2O3/c1-19-13-5-3-2-4-11(13)15-9-6-7-10(14)12(8-9)16(17)18/h6-8,11,13,15H,2-5H2,1H3. The van der Waals surface area contributed by atoms with Crippen molar-refractivity contribution in [2.24, 2.45) is 0 Å². The largest absolute Gasteiger partial charge is 0.379 e. The normalized spacial score (nSPS) is 23.1. The van der Waals surface area contributed by atoms with Crippen LogP contribution in [0.1, 0.15) is 25.7 Å². The Hall–Kier alpha value is -1.69. The third kappa shape index (κ3) is 3.20. The lowest BCUT2D eigenvalue weighted by molar-refractivity contribution is -0.387. The van der Waals surface area contributed by atoms with Gasteiger partial charge < -0.3 is 10.1 Å². The molecule has 19 heavy (non-hydrogen) atoms. The summed E-state index contributed by atoms with van der Waals surface area (Å²) in [4.78, 5) is 9.99. The van der Waals surface area contributed by atoms with E-state index in [4.69, 9.17) is 4.74 Å². The van der Waals surface area contributed by atoms with E-state index in [2.05, 4.69) is 5.32 Å². The number of ether oxygens (including phenoxy) is 1. The molecule has 0 saturated heterocycles. The summed E-state index contributed by atoms with van der Waals surface area (Å²) in [6, 6.07) is 3.98. The monoisotopic (exact) mass is 268 g/mol. The van der Waals surface area contributed by atoms with Crippen molar-refractivity contribution < 1.29 is 14.1 Å². The smallest absolute Gasteiger partial charge is 0.306 e. The van der Waals surface area contributed by atoms with Crippen LogP contribution in [-0.4, -0.2) is 24.2 Å². The molecule has 1 aromatic rings. The molecule has 1 aromatic carbocycles. The first kappa shape index (κ1) is 13.7. The molecule has 0 spiro atoms. The van der Waals surface area contributed by atoms with Crippen LogP contribution in [0.4, 0.5) is 15.8 Å². The SMILES string of the molecule is COC1CCCCC1Nc1ccc(F)c([N+](=O)[O-])c1. The maximum Gasteiger partial charge on any atom is 0.306 e. The number of nitrogens with zero attached hydrogens (tertiary/aromatic N) is 1. The number of anilines is 1. The van der Waals surface area contributed by atoms with Gasteiger partial charge in [-0.1, -0.05) is 12.8 Å². The topological polar surface area (TPSA) is 64.4 Å². The van der Waals surface area contributed by atoms with Gasteiger partial charge in [-0.3, -0.25) is 10.1 Å². The van der Waals surface area contributed by atoms with Crippen molar-refractivity contribution >= 4 is 11.4 Å². The Bertz CT molecular complexity index is 467. The maximum absolute atomic E-state index is 13.2. The predicted molar refractivity (Wildman–Crippen MR) is 69.7 cm³/mol. The minimum Gasteiger partial charge on any atom is -0.379 e. The highest BCUT2D eigenvalue weighted by Gasteiger charge is 2.25. The van der Waals surface area contributed by atoms with Gasteiger partial charge in [-0.15, -0.1) is 0 Å². The van der Waals surface area contributed by atoms with Crippen LogP contribution in [0.2, 0.25) is 0 Å². The second-order valence-electron chi connectivity index (χ2n) is 4.73. The van der Waals surface area contributed by atoms with E-state index < -0.39 is 16.4 Å². The maximum atomic E-state index is 13.2. The van der Waals surface area contributed by atoms with Crippen molar-refractivity contribution in [3.05, 3.63) is 34.1 Å². The zero-order valence-corrected chi connectivity index (χ0v) is 10.8. The number of hydrogen-bond acceptors (Lipinski definition) is 4. The van der Waals surface area contributed by atoms with E-state index in [9.17, 15) is 14.5 Å². The van der Waals surface area contributed by atoms with Gasteiger partial charge >= 0.3 is 5.69 Å². The van der Waals surface area contributed by atoms with E-state index in [1.54, 1.807) is 7.11 Å². The number of nitro benzene ring substituents is 1. The number of halogens is 1. The fourth-order valence-corrected chi connectivity index (χ4v) is 2.50. The summed E-state index contributed by atoms with van der Waals surface area (Å²) in [6.45, 7) is 0. The molecule has 0 amide bonds. The molecule has 2 rings (SSSR count). The number of nitrogens with one attached hydrogen (secondary N) is 1. The van der Waals surface area contributed by atoms with Crippen LogP contribution in [0.3, 0.4) is 0 Å². The minimum absolute atomic E-state index is 0.0952. The molecule has 5 nitrogen and oxygen atoms in total. The van der Waals surface area contributed by atoms with Crippen LogP contribution in [0.5, 0.6) is 0 Å². The van der Waals surface area contributed by atoms with Crippen LogP contribution < -0.4 is 5.32 Å². The summed E-state index contributed by atoms with van der Waals surface area (Å²) in [5.41, 5.74) is 0.0526. The second kappa shape index (κ2) is 5.97. The van der Waals surface area contributed by atoms with E-state index in [0.717, 1.165) is 31.7 Å². The molecule has 0 aliphatic heterocycles. The van der Waals surface area contributed by atoms with Crippen molar-refractivity contribution in [3.8, 4) is 0 Å². The second-order valence-corrected chi connectivity index (χ2v) is 4.73. The quantitative estimate of drug-likeness (QED) is 0.673. The fourth-order valence-electron chi connectivity index (χ4n) is 2.50. The highest BCUT2D eigenvalue weighted by molar-refractivity contribution is 5.52. The molecule has 104 valence electrons. The molecule has 1 aliphatic rings. The van der Waals surface area contributed by atoms with Gasteiger partial charge in [0.05, 0.1) is 17.1 Å². The molecule has 0 radical (unpaired) electrons. The summed E-state index contributed by atoms with van der Waals surface area (Å²) < 4.78 is 18.7. The zero-order chi connectivity index (χ0) is 13.8. The molecule has 1 fully saturated rings. The van der Waals surface area contributed by atoms with Crippen molar-refractivity contribution in [3.63, 3.8) is 0 Å². The minimum atomic E-state index is -0.817. The van der Waals surface area contributed by atoms with Gasteiger partial charge in [0.15, 0.2) is 0 Å². The third-order valence-electron chi connectivity index (χ3n) is 3.50. The Morgan fingerprint density at radius 3 is 2.84 bits per heavy atom. The van der Waals surface area contributed by atoms with Gasteiger partial charge in [0.2, 0.25) is 5.82 Å². The van der Waals surface area contributed by atoms with Gasteiger partial charge in [-0.25, -0.2) is 0 Å². The lowest BCUT2D eigenvalue weighted by Gasteiger charge is -2.31. The lowest BCUT2D eigenvalue weighted by atomic mass is 9.92. The van der Waals surface area contributed by atoms with Crippen molar-refractivity contribution in [2.45, 2.75) is 37.8 Å². The number of rotatable bonds is 4. The van der Waals surface area contributed by atoms with Crippen LogP contribution in [-0.2, 0) is 4.74 Å². The van der Waals surface area contributed by atoms with Gasteiger partial charge in [0.1, 0.15) is 0 Å². The van der Waals surface area contributed by atoms with E-state index in [1.165, 1.54) is 12.1 Å². The molecule has 1 aliphatic carbocycles. The number of methoxy groups -OCH3 is 1. The number of hydrogen-bond donors (Lipinski definition) is 1. The molecule has 2 unspecified atom stereocenters. The molecule has 0 aromatic heterocycles. The van der Waals surface area contributed by atoms with E-state index in [-0.39, 0.29) is 12.1 Å². The van der Waals surface area contributed by atoms with Crippen molar-refractivity contribution in [1.82, 2.24) is 0 Å². The summed E-state index contributed by atoms with van der Waals surface area (Å²) in [5.74, 6) is -0.817. The molecule has 1 saturated carbocycles. The molecule has 1 N–H and O–H groups in total. The lowest BCUT2D eigenvalue weighted by Crippen LogP contribution is -2.37. The van der Waals surface area contributed by atoms with Crippen LogP contribution >= 0.6 is 0 Å². The summed E-state index contributed by atoms with van der Waals surface area (Å²) in [5, 5.41) is 13.9. The first-order valence-corrected chi connectivity index (χ1v) is 6.35. The highest BCUT2D eigenvalue weighted by atomic mass is 19.1. The van der Waals surface area contributed by atoms with Crippen molar-refractivity contribution in [1.29, 1.82) is 0 Å². The van der Waals surface area contributed by atoms with Crippen molar-refractivity contribution in [2.75, 3.05) is 12.4 Å². The first-order chi connectivity index (χ1) is 9.11. The number of benzene rings is 1. The zero-order valence-electron chi connectivity index (χ0n) is 10.8. The summed E-state index contributed by atoms with van der Waals surface area (Å²) in [6.07, 6.45) is 4.24. The Balaban J connectivity index is 2.14. The van der Waals surface area contributed by atoms with Gasteiger partial charge in [-0.2, -0.15) is 4.39 Å². The van der Waals surface area contributed by atoms with Crippen LogP contribution in [0, 0.1) is 15.9 Å². The predicted octanol–water partition coefficient (Wildman–Crippen LogP) is 3.10. The molecule has 0 heterocycles. The number of nitro groups is 1. The first-order valence-electron chi connectivity index (χ1n) is 6.35. The van der Waals surface area contributed by atoms with Crippen LogP contribution in [0.25, 0.3) is 0 Å². The average molecular weight is 268 g/mol. The molecular formula is C13H17FN2O3. The molecule has 2 atom stereocenters. The Labute approximate surface area is 110 Å². The average Bonchev–Trinajstić information content (AvgIpc) is 2.41. The fraction of sp³-hybridized carbons (Fsp3) is 0.538. The third-order valence-corrected chi connectivity index (χ3v) is 3.50. The van der Waals surface area contributed by atoms with E-state index in [0.29, 0.717) is 5.69 Å². The van der Waals surface area contributed by atoms with E-state index >= 15 is 0 Å². The van der Waals surface area contributed by atoms with Gasteiger partial charge in [-0.05, 0) is 25.0 Å². The molecule has 6 heteroatoms. The molecular weight excluding hydrogens is 251 g/mol. The Kier molecular flexibility index (Phi) is 4.31. The highest BCUT2D eigenvalue weighted by Crippen LogP contribution is 2.27. The van der Waals surface area contributed by atoms with Gasteiger partial charge in [0, 0.05) is 18.9 Å². The summed E-state index contributed by atoms with van der Waals surface area (Å²) in [7, 11) is 1.66. The summed E-state index contributed by atoms with van der Waals surface area (Å²) >= 11 is 0. The van der Waals surface area contributed by atoms with E-state index in [1.807, 2.05) is 0 Å². The Morgan fingerprint density at radius 2 is 2.16 bits per heavy atom. The molecule has 0 bridgehead atoms. The van der Waals surface area contributed by atoms with Gasteiger partial charge in [0.25, 0.3) is 0 Å². The Morgan fingerprint density at radius 1 is 1.42 bits per heavy atom.